The summed E-state index contributed by atoms with van der Waals surface area (Å²) in [6, 6.07) is 23.6. The Morgan fingerprint density at radius 1 is 0.569 bits per heavy atom. The van der Waals surface area contributed by atoms with E-state index < -0.39 is 0 Å². The van der Waals surface area contributed by atoms with Gasteiger partial charge in [-0.2, -0.15) is 0 Å². The van der Waals surface area contributed by atoms with E-state index in [4.69, 9.17) is 11.5 Å². The predicted molar refractivity (Wildman–Crippen MR) is 266 cm³/mol. The molecule has 4 nitrogen and oxygen atoms in total. The molecule has 65 heavy (non-hydrogen) atoms. The summed E-state index contributed by atoms with van der Waals surface area (Å²) in [5.41, 5.74) is 13.7. The van der Waals surface area contributed by atoms with E-state index in [1.165, 1.54) is 110 Å². The van der Waals surface area contributed by atoms with Crippen LogP contribution in [0.1, 0.15) is 163 Å². The average molecular weight is 868 g/mol. The number of hydrogen-bond donors (Lipinski definition) is 2. The number of aryl methyl sites for hydroxylation is 2. The summed E-state index contributed by atoms with van der Waals surface area (Å²) in [5, 5.41) is 25.5. The van der Waals surface area contributed by atoms with Crippen LogP contribution in [-0.4, -0.2) is 28.6 Å². The third kappa shape index (κ3) is 7.13. The number of hydrogen-bond acceptors (Lipinski definition) is 3. The van der Waals surface area contributed by atoms with Crippen molar-refractivity contribution in [1.29, 1.82) is 0 Å². The molecule has 0 unspecified atom stereocenters. The fraction of sp³-hybridized carbons (Fsp3) is 0.508. The van der Waals surface area contributed by atoms with Crippen molar-refractivity contribution in [2.75, 3.05) is 7.11 Å². The lowest BCUT2D eigenvalue weighted by Gasteiger charge is -2.57. The van der Waals surface area contributed by atoms with Crippen molar-refractivity contribution in [2.24, 2.45) is 35.5 Å². The van der Waals surface area contributed by atoms with Crippen LogP contribution in [-0.2, 0) is 26.4 Å². The minimum atomic E-state index is -0.120. The summed E-state index contributed by atoms with van der Waals surface area (Å²) in [6.45, 7) is 22.9. The Bertz CT molecular complexity index is 2620. The Labute approximate surface area is 389 Å². The van der Waals surface area contributed by atoms with E-state index >= 15 is 0 Å². The van der Waals surface area contributed by atoms with Crippen molar-refractivity contribution in [3.63, 3.8) is 0 Å². The van der Waals surface area contributed by atoms with Crippen LogP contribution < -0.4 is 0 Å². The third-order valence-electron chi connectivity index (χ3n) is 18.0. The van der Waals surface area contributed by atoms with Gasteiger partial charge in [0.25, 0.3) is 0 Å². The standard InChI is InChI=1S/C61H73NO3/c1-35-15-50(56(63)52(17-35)60-29-37-19-38(30-60)21-39(20-37)31-60)46-13-11-43(58(3,4)5)25-48(46)54-27-45(65-10)28-55(62(54)9)49-26-44(59(6,7)8)12-14-47(49)51-16-36(2)18-53(57(51)64)61-32-40-22-41(33-61)24-42(23-40)34-61/h11-18,25-28,37-42,63-64H,9,19-24,29-34H2,1-8,10H3. The van der Waals surface area contributed by atoms with Gasteiger partial charge in [-0.3, -0.25) is 0 Å². The minimum absolute atomic E-state index is 0.0475. The van der Waals surface area contributed by atoms with Gasteiger partial charge in [-0.1, -0.05) is 113 Å². The van der Waals surface area contributed by atoms with Gasteiger partial charge >= 0.3 is 0 Å². The fourth-order valence-corrected chi connectivity index (χ4v) is 15.7. The van der Waals surface area contributed by atoms with E-state index in [1.54, 1.807) is 7.11 Å². The van der Waals surface area contributed by atoms with Crippen molar-refractivity contribution < 1.29 is 19.5 Å². The van der Waals surface area contributed by atoms with Gasteiger partial charge in [-0.05, 0) is 194 Å². The number of benzene rings is 4. The highest BCUT2D eigenvalue weighted by Crippen LogP contribution is 2.64. The summed E-state index contributed by atoms with van der Waals surface area (Å²) in [4.78, 5) is 0. The van der Waals surface area contributed by atoms with Gasteiger partial charge in [-0.25, -0.2) is 4.58 Å². The second-order valence-electron chi connectivity index (χ2n) is 24.9. The molecule has 2 N–H and O–H groups in total. The fourth-order valence-electron chi connectivity index (χ4n) is 15.7. The first-order valence-corrected chi connectivity index (χ1v) is 25.2. The smallest absolute Gasteiger partial charge is 0.164 e. The number of aromatic hydroxyl groups is 2. The molecule has 0 aromatic heterocycles. The number of nitrogens with zero attached hydrogens (tertiary/aromatic N) is 1. The van der Waals surface area contributed by atoms with E-state index in [0.29, 0.717) is 11.5 Å². The van der Waals surface area contributed by atoms with Gasteiger partial charge < -0.3 is 14.9 Å². The van der Waals surface area contributed by atoms with Gasteiger partial charge in [0.15, 0.2) is 11.7 Å². The molecule has 0 radical (unpaired) electrons. The van der Waals surface area contributed by atoms with Crippen LogP contribution in [0.5, 0.6) is 11.5 Å². The summed E-state index contributed by atoms with van der Waals surface area (Å²) >= 11 is 0. The van der Waals surface area contributed by atoms with Crippen molar-refractivity contribution in [2.45, 2.75) is 154 Å². The maximum atomic E-state index is 12.8. The zero-order valence-corrected chi connectivity index (χ0v) is 40.8. The van der Waals surface area contributed by atoms with Crippen LogP contribution in [0.15, 0.2) is 78.6 Å². The van der Waals surface area contributed by atoms with Crippen LogP contribution in [0.2, 0.25) is 0 Å². The van der Waals surface area contributed by atoms with Gasteiger partial charge in [0.2, 0.25) is 0 Å². The predicted octanol–water partition coefficient (Wildman–Crippen LogP) is 14.8. The zero-order valence-electron chi connectivity index (χ0n) is 40.8. The van der Waals surface area contributed by atoms with Gasteiger partial charge in [0.1, 0.15) is 11.5 Å². The lowest BCUT2D eigenvalue weighted by molar-refractivity contribution is -0.392. The topological polar surface area (TPSA) is 52.7 Å². The van der Waals surface area contributed by atoms with E-state index in [0.717, 1.165) is 86.4 Å². The Morgan fingerprint density at radius 2 is 0.985 bits per heavy atom. The Balaban J connectivity index is 1.06. The van der Waals surface area contributed by atoms with Crippen LogP contribution in [0, 0.1) is 55.4 Å². The Hall–Kier alpha value is -4.70. The van der Waals surface area contributed by atoms with Gasteiger partial charge in [0, 0.05) is 22.3 Å². The van der Waals surface area contributed by atoms with E-state index in [9.17, 15) is 10.2 Å². The Morgan fingerprint density at radius 3 is 1.42 bits per heavy atom. The monoisotopic (exact) mass is 868 g/mol. The molecular weight excluding hydrogens is 795 g/mol. The summed E-state index contributed by atoms with van der Waals surface area (Å²) in [7, 11) is 1.75. The van der Waals surface area contributed by atoms with Crippen LogP contribution in [0.3, 0.4) is 0 Å². The summed E-state index contributed by atoms with van der Waals surface area (Å²) in [6.07, 6.45) is 19.6. The van der Waals surface area contributed by atoms with Crippen LogP contribution in [0.25, 0.3) is 28.0 Å². The molecule has 8 bridgehead atoms. The molecular formula is C61H73NO3. The Kier molecular flexibility index (Phi) is 9.84. The molecule has 8 aliphatic carbocycles. The molecule has 9 aliphatic rings. The number of allylic oxidation sites excluding steroid dienone is 1. The highest BCUT2D eigenvalue weighted by Gasteiger charge is 2.54. The molecule has 13 rings (SSSR count). The normalized spacial score (nSPS) is 30.2. The molecule has 4 aromatic carbocycles. The molecule has 0 atom stereocenters. The van der Waals surface area contributed by atoms with Crippen molar-refractivity contribution >= 4 is 12.4 Å². The van der Waals surface area contributed by atoms with E-state index in [1.807, 2.05) is 0 Å². The summed E-state index contributed by atoms with van der Waals surface area (Å²) < 4.78 is 8.34. The quantitative estimate of drug-likeness (QED) is 0.144. The zero-order chi connectivity index (χ0) is 45.5. The second-order valence-corrected chi connectivity index (χ2v) is 24.9. The number of methoxy groups -OCH3 is 1. The number of phenolic OH excluding ortho intramolecular Hbond substituents is 2. The lowest BCUT2D eigenvalue weighted by Crippen LogP contribution is -2.48. The molecule has 1 heterocycles. The maximum absolute atomic E-state index is 12.8. The molecule has 1 aliphatic heterocycles. The van der Waals surface area contributed by atoms with E-state index in [-0.39, 0.29) is 21.7 Å². The number of ether oxygens (including phenoxy) is 1. The molecule has 0 saturated heterocycles. The van der Waals surface area contributed by atoms with Gasteiger partial charge in [-0.15, -0.1) is 0 Å². The average Bonchev–Trinajstić information content (AvgIpc) is 3.23. The molecule has 340 valence electrons. The highest BCUT2D eigenvalue weighted by molar-refractivity contribution is 5.86. The first-order chi connectivity index (χ1) is 30.8. The first-order valence-electron chi connectivity index (χ1n) is 25.2. The van der Waals surface area contributed by atoms with Crippen molar-refractivity contribution in [1.82, 2.24) is 0 Å². The molecule has 4 heteroatoms. The molecule has 0 spiro atoms. The molecule has 0 amide bonds. The van der Waals surface area contributed by atoms with Crippen molar-refractivity contribution in [3.8, 4) is 33.8 Å². The molecule has 8 fully saturated rings. The largest absolute Gasteiger partial charge is 0.525 e. The SMILES string of the molecule is C=[N+]1C(c2cc(C(C)(C)C)ccc2-c2cc(C)cc(C34CC5CC(CC(C5)C3)C4)c2O)=CC(OC)=C[C-]1c1cc(C(C)(C)C)ccc1-c1cc(C)cc(C23CC4CC(CC(C4)C2)C3)c1O. The van der Waals surface area contributed by atoms with Crippen LogP contribution in [0.4, 0.5) is 0 Å². The molecule has 4 aromatic rings. The minimum Gasteiger partial charge on any atom is -0.525 e. The van der Waals surface area contributed by atoms with E-state index in [2.05, 4.69) is 133 Å². The first kappa shape index (κ1) is 42.9. The molecule has 8 saturated carbocycles. The maximum Gasteiger partial charge on any atom is 0.164 e. The third-order valence-corrected chi connectivity index (χ3v) is 18.0. The van der Waals surface area contributed by atoms with Gasteiger partial charge in [0.05, 0.1) is 19.6 Å². The number of phenols is 2. The van der Waals surface area contributed by atoms with Crippen molar-refractivity contribution in [3.05, 3.63) is 129 Å². The number of rotatable bonds is 7. The second kappa shape index (κ2) is 14.9. The highest BCUT2D eigenvalue weighted by atomic mass is 16.5. The van der Waals surface area contributed by atoms with Crippen LogP contribution >= 0.6 is 0 Å². The summed E-state index contributed by atoms with van der Waals surface area (Å²) in [5.74, 6) is 6.29. The lowest BCUT2D eigenvalue weighted by atomic mass is 9.48.